The highest BCUT2D eigenvalue weighted by Crippen LogP contribution is 2.34. The van der Waals surface area contributed by atoms with Crippen molar-refractivity contribution in [3.63, 3.8) is 0 Å². The smallest absolute Gasteiger partial charge is 0.131 e. The van der Waals surface area contributed by atoms with Crippen molar-refractivity contribution in [2.45, 2.75) is 46.4 Å². The lowest BCUT2D eigenvalue weighted by molar-refractivity contribution is -0.130. The zero-order valence-electron chi connectivity index (χ0n) is 15.8. The maximum Gasteiger partial charge on any atom is 0.131 e. The standard InChI is InChI=1S/C20H28ClN3O/c1-14-16(19(21)23(5)22-14)11-24-12-17(15-9-7-6-8-10-15)25-18(13-24)20(2,3)4/h6-10,17-18H,11-13H2,1-5H3/t17-,18+/m0/s1. The molecule has 1 aliphatic heterocycles. The Hall–Kier alpha value is -1.36. The molecule has 5 heteroatoms. The summed E-state index contributed by atoms with van der Waals surface area (Å²) in [5, 5.41) is 5.18. The fourth-order valence-corrected chi connectivity index (χ4v) is 3.60. The summed E-state index contributed by atoms with van der Waals surface area (Å²) in [5.74, 6) is 0. The molecule has 25 heavy (non-hydrogen) atoms. The van der Waals surface area contributed by atoms with Crippen LogP contribution in [-0.4, -0.2) is 33.9 Å². The number of benzene rings is 1. The molecule has 2 aromatic rings. The summed E-state index contributed by atoms with van der Waals surface area (Å²) in [6, 6.07) is 10.5. The molecule has 1 saturated heterocycles. The van der Waals surface area contributed by atoms with Crippen LogP contribution in [0, 0.1) is 12.3 Å². The Kier molecular flexibility index (Phi) is 5.24. The lowest BCUT2D eigenvalue weighted by Gasteiger charge is -2.43. The predicted octanol–water partition coefficient (Wildman–Crippen LogP) is 4.37. The summed E-state index contributed by atoms with van der Waals surface area (Å²) in [6.07, 6.45) is 0.247. The summed E-state index contributed by atoms with van der Waals surface area (Å²) in [5.41, 5.74) is 3.43. The predicted molar refractivity (Wildman–Crippen MR) is 102 cm³/mol. The molecular formula is C20H28ClN3O. The summed E-state index contributed by atoms with van der Waals surface area (Å²) in [4.78, 5) is 2.45. The Bertz CT molecular complexity index is 721. The van der Waals surface area contributed by atoms with Gasteiger partial charge in [0.1, 0.15) is 5.15 Å². The molecule has 0 unspecified atom stereocenters. The molecule has 0 spiro atoms. The Morgan fingerprint density at radius 1 is 1.20 bits per heavy atom. The van der Waals surface area contributed by atoms with E-state index in [2.05, 4.69) is 55.0 Å². The molecule has 136 valence electrons. The fourth-order valence-electron chi connectivity index (χ4n) is 3.36. The number of morpholine rings is 1. The number of hydrogen-bond acceptors (Lipinski definition) is 3. The highest BCUT2D eigenvalue weighted by atomic mass is 35.5. The number of nitrogens with zero attached hydrogens (tertiary/aromatic N) is 3. The van der Waals surface area contributed by atoms with Gasteiger partial charge in [-0.05, 0) is 17.9 Å². The summed E-state index contributed by atoms with van der Waals surface area (Å²) in [6.45, 7) is 11.3. The molecule has 0 bridgehead atoms. The highest BCUT2D eigenvalue weighted by molar-refractivity contribution is 6.30. The van der Waals surface area contributed by atoms with E-state index in [1.807, 2.05) is 20.0 Å². The van der Waals surface area contributed by atoms with Crippen LogP contribution in [0.2, 0.25) is 5.15 Å². The molecule has 1 aliphatic rings. The topological polar surface area (TPSA) is 30.3 Å². The Morgan fingerprint density at radius 2 is 1.88 bits per heavy atom. The minimum atomic E-state index is 0.0786. The van der Waals surface area contributed by atoms with E-state index in [0.29, 0.717) is 0 Å². The zero-order chi connectivity index (χ0) is 18.2. The third-order valence-corrected chi connectivity index (χ3v) is 5.44. The molecule has 1 aromatic heterocycles. The second kappa shape index (κ2) is 7.10. The first-order chi connectivity index (χ1) is 11.8. The number of hydrogen-bond donors (Lipinski definition) is 0. The fraction of sp³-hybridized carbons (Fsp3) is 0.550. The van der Waals surface area contributed by atoms with Crippen molar-refractivity contribution in [2.24, 2.45) is 12.5 Å². The van der Waals surface area contributed by atoms with Crippen LogP contribution < -0.4 is 0 Å². The van der Waals surface area contributed by atoms with Crippen molar-refractivity contribution in [3.8, 4) is 0 Å². The van der Waals surface area contributed by atoms with Gasteiger partial charge in [-0.3, -0.25) is 9.58 Å². The third-order valence-electron chi connectivity index (χ3n) is 4.97. The highest BCUT2D eigenvalue weighted by Gasteiger charge is 2.36. The largest absolute Gasteiger partial charge is 0.367 e. The van der Waals surface area contributed by atoms with Gasteiger partial charge in [-0.15, -0.1) is 0 Å². The third kappa shape index (κ3) is 4.08. The van der Waals surface area contributed by atoms with Crippen molar-refractivity contribution < 1.29 is 4.74 Å². The molecule has 4 nitrogen and oxygen atoms in total. The first-order valence-electron chi connectivity index (χ1n) is 8.86. The van der Waals surface area contributed by atoms with Crippen LogP contribution in [0.5, 0.6) is 0 Å². The minimum Gasteiger partial charge on any atom is -0.367 e. The molecule has 0 N–H and O–H groups in total. The van der Waals surface area contributed by atoms with Crippen molar-refractivity contribution in [3.05, 3.63) is 52.3 Å². The maximum absolute atomic E-state index is 6.48. The Morgan fingerprint density at radius 3 is 2.44 bits per heavy atom. The van der Waals surface area contributed by atoms with Gasteiger partial charge >= 0.3 is 0 Å². The quantitative estimate of drug-likeness (QED) is 0.813. The number of ether oxygens (including phenoxy) is 1. The molecule has 0 amide bonds. The number of rotatable bonds is 3. The second-order valence-electron chi connectivity index (χ2n) is 8.06. The van der Waals surface area contributed by atoms with E-state index < -0.39 is 0 Å². The van der Waals surface area contributed by atoms with Gasteiger partial charge < -0.3 is 4.74 Å². The van der Waals surface area contributed by atoms with E-state index in [1.165, 1.54) is 5.56 Å². The van der Waals surface area contributed by atoms with E-state index in [9.17, 15) is 0 Å². The van der Waals surface area contributed by atoms with E-state index >= 15 is 0 Å². The van der Waals surface area contributed by atoms with Crippen LogP contribution in [0.4, 0.5) is 0 Å². The lowest BCUT2D eigenvalue weighted by Crippen LogP contribution is -2.48. The van der Waals surface area contributed by atoms with E-state index in [4.69, 9.17) is 16.3 Å². The van der Waals surface area contributed by atoms with Crippen LogP contribution in [0.15, 0.2) is 30.3 Å². The molecular weight excluding hydrogens is 334 g/mol. The molecule has 2 heterocycles. The number of aryl methyl sites for hydroxylation is 2. The van der Waals surface area contributed by atoms with Crippen molar-refractivity contribution in [1.29, 1.82) is 0 Å². The van der Waals surface area contributed by atoms with Crippen LogP contribution in [0.25, 0.3) is 0 Å². The van der Waals surface area contributed by atoms with E-state index in [0.717, 1.165) is 36.0 Å². The van der Waals surface area contributed by atoms with Crippen LogP contribution in [-0.2, 0) is 18.3 Å². The molecule has 0 aliphatic carbocycles. The van der Waals surface area contributed by atoms with Crippen molar-refractivity contribution >= 4 is 11.6 Å². The Labute approximate surface area is 155 Å². The van der Waals surface area contributed by atoms with Gasteiger partial charge in [-0.25, -0.2) is 0 Å². The lowest BCUT2D eigenvalue weighted by atomic mass is 9.87. The van der Waals surface area contributed by atoms with E-state index in [1.54, 1.807) is 4.68 Å². The molecule has 0 saturated carbocycles. The molecule has 2 atom stereocenters. The monoisotopic (exact) mass is 361 g/mol. The number of aromatic nitrogens is 2. The Balaban J connectivity index is 1.85. The normalized spacial score (nSPS) is 22.3. The zero-order valence-corrected chi connectivity index (χ0v) is 16.5. The molecule has 0 radical (unpaired) electrons. The summed E-state index contributed by atoms with van der Waals surface area (Å²) < 4.78 is 8.23. The first kappa shape index (κ1) is 18.4. The average Bonchev–Trinajstić information content (AvgIpc) is 2.81. The maximum atomic E-state index is 6.48. The number of halogens is 1. The second-order valence-corrected chi connectivity index (χ2v) is 8.42. The minimum absolute atomic E-state index is 0.0786. The van der Waals surface area contributed by atoms with Crippen LogP contribution in [0.3, 0.4) is 0 Å². The van der Waals surface area contributed by atoms with Gasteiger partial charge in [0, 0.05) is 32.2 Å². The summed E-state index contributed by atoms with van der Waals surface area (Å²) >= 11 is 6.46. The first-order valence-corrected chi connectivity index (χ1v) is 9.24. The van der Waals surface area contributed by atoms with Gasteiger partial charge in [0.15, 0.2) is 0 Å². The van der Waals surface area contributed by atoms with Crippen LogP contribution in [0.1, 0.15) is 43.7 Å². The van der Waals surface area contributed by atoms with Gasteiger partial charge in [-0.2, -0.15) is 5.10 Å². The van der Waals surface area contributed by atoms with Gasteiger partial charge in [0.25, 0.3) is 0 Å². The van der Waals surface area contributed by atoms with Gasteiger partial charge in [0.05, 0.1) is 17.9 Å². The van der Waals surface area contributed by atoms with Crippen LogP contribution >= 0.6 is 11.6 Å². The van der Waals surface area contributed by atoms with Gasteiger partial charge in [-0.1, -0.05) is 62.7 Å². The van der Waals surface area contributed by atoms with Gasteiger partial charge in [0.2, 0.25) is 0 Å². The van der Waals surface area contributed by atoms with Crippen molar-refractivity contribution in [1.82, 2.24) is 14.7 Å². The SMILES string of the molecule is Cc1nn(C)c(Cl)c1CN1C[C@@H](c2ccccc2)O[C@@H](C(C)(C)C)C1. The summed E-state index contributed by atoms with van der Waals surface area (Å²) in [7, 11) is 1.89. The van der Waals surface area contributed by atoms with Crippen molar-refractivity contribution in [2.75, 3.05) is 13.1 Å². The molecule has 1 fully saturated rings. The molecule has 3 rings (SSSR count). The molecule has 1 aromatic carbocycles. The van der Waals surface area contributed by atoms with E-state index in [-0.39, 0.29) is 17.6 Å². The average molecular weight is 362 g/mol.